The highest BCUT2D eigenvalue weighted by atomic mass is 35.5. The number of nitrogens with one attached hydrogen (secondary N) is 2. The summed E-state index contributed by atoms with van der Waals surface area (Å²) in [5.41, 5.74) is 1.89. The van der Waals surface area contributed by atoms with E-state index in [1.807, 2.05) is 12.1 Å². The Hall–Kier alpha value is -2.81. The Balaban J connectivity index is 1.83. The number of anilines is 4. The minimum atomic E-state index is 0.382. The summed E-state index contributed by atoms with van der Waals surface area (Å²) in [6.07, 6.45) is 1.61. The number of nitrogens with zero attached hydrogens (tertiary/aromatic N) is 3. The first-order valence-corrected chi connectivity index (χ1v) is 7.72. The molecule has 3 rings (SSSR count). The van der Waals surface area contributed by atoms with E-state index in [9.17, 15) is 0 Å². The largest absolute Gasteiger partial charge is 0.339 e. The highest BCUT2D eigenvalue weighted by Gasteiger charge is 2.05. The maximum absolute atomic E-state index is 9.14. The molecular weight excluding hydrogens is 345 g/mol. The van der Waals surface area contributed by atoms with Crippen LogP contribution < -0.4 is 10.6 Å². The fourth-order valence-corrected chi connectivity index (χ4v) is 2.60. The Labute approximate surface area is 148 Å². The second-order valence-corrected chi connectivity index (χ2v) is 5.70. The van der Waals surface area contributed by atoms with Gasteiger partial charge in [-0.25, -0.2) is 4.98 Å². The average Bonchev–Trinajstić information content (AvgIpc) is 2.55. The minimum absolute atomic E-state index is 0.382. The lowest BCUT2D eigenvalue weighted by atomic mass is 10.2. The van der Waals surface area contributed by atoms with E-state index in [0.717, 1.165) is 0 Å². The Bertz CT molecular complexity index is 901. The average molecular weight is 356 g/mol. The lowest BCUT2D eigenvalue weighted by Crippen LogP contribution is -2.01. The van der Waals surface area contributed by atoms with Crippen LogP contribution in [-0.4, -0.2) is 9.97 Å². The van der Waals surface area contributed by atoms with Gasteiger partial charge in [-0.15, -0.1) is 0 Å². The van der Waals surface area contributed by atoms with Crippen molar-refractivity contribution in [2.75, 3.05) is 10.6 Å². The van der Waals surface area contributed by atoms with Crippen LogP contribution in [0.3, 0.4) is 0 Å². The predicted molar refractivity (Wildman–Crippen MR) is 96.2 cm³/mol. The third-order valence-corrected chi connectivity index (χ3v) is 3.52. The van der Waals surface area contributed by atoms with Gasteiger partial charge in [-0.05, 0) is 36.4 Å². The molecule has 0 radical (unpaired) electrons. The van der Waals surface area contributed by atoms with E-state index in [1.165, 1.54) is 0 Å². The smallest absolute Gasteiger partial charge is 0.229 e. The first-order valence-electron chi connectivity index (χ1n) is 6.96. The molecule has 5 nitrogen and oxygen atoms in total. The third kappa shape index (κ3) is 3.93. The van der Waals surface area contributed by atoms with Gasteiger partial charge in [0, 0.05) is 21.9 Å². The van der Waals surface area contributed by atoms with E-state index >= 15 is 0 Å². The minimum Gasteiger partial charge on any atom is -0.339 e. The van der Waals surface area contributed by atoms with Crippen LogP contribution in [0.1, 0.15) is 5.56 Å². The molecular formula is C17H11Cl2N5. The quantitative estimate of drug-likeness (QED) is 0.677. The van der Waals surface area contributed by atoms with Crippen molar-refractivity contribution in [2.45, 2.75) is 0 Å². The Morgan fingerprint density at radius 3 is 2.46 bits per heavy atom. The monoisotopic (exact) mass is 355 g/mol. The van der Waals surface area contributed by atoms with Gasteiger partial charge >= 0.3 is 0 Å². The van der Waals surface area contributed by atoms with Crippen LogP contribution in [0.2, 0.25) is 10.0 Å². The fourth-order valence-electron chi connectivity index (χ4n) is 2.07. The molecule has 0 aliphatic rings. The topological polar surface area (TPSA) is 73.6 Å². The van der Waals surface area contributed by atoms with Crippen LogP contribution in [0.15, 0.2) is 54.7 Å². The summed E-state index contributed by atoms with van der Waals surface area (Å²) in [6, 6.07) is 16.1. The molecule has 0 atom stereocenters. The van der Waals surface area contributed by atoms with Crippen LogP contribution in [0.25, 0.3) is 0 Å². The molecule has 0 amide bonds. The molecule has 2 N–H and O–H groups in total. The highest BCUT2D eigenvalue weighted by Crippen LogP contribution is 2.25. The zero-order chi connectivity index (χ0) is 16.9. The van der Waals surface area contributed by atoms with Gasteiger partial charge in [0.25, 0.3) is 0 Å². The molecule has 0 saturated carbocycles. The first-order chi connectivity index (χ1) is 11.6. The van der Waals surface area contributed by atoms with E-state index in [1.54, 1.807) is 42.6 Å². The Morgan fingerprint density at radius 2 is 1.71 bits per heavy atom. The van der Waals surface area contributed by atoms with Crippen LogP contribution in [-0.2, 0) is 0 Å². The zero-order valence-corrected chi connectivity index (χ0v) is 13.8. The number of para-hydroxylation sites is 1. The van der Waals surface area contributed by atoms with E-state index in [-0.39, 0.29) is 0 Å². The number of benzene rings is 2. The van der Waals surface area contributed by atoms with Crippen LogP contribution in [0, 0.1) is 11.3 Å². The summed E-state index contributed by atoms with van der Waals surface area (Å²) in [4.78, 5) is 8.53. The highest BCUT2D eigenvalue weighted by molar-refractivity contribution is 6.35. The van der Waals surface area contributed by atoms with E-state index in [4.69, 9.17) is 28.5 Å². The lowest BCUT2D eigenvalue weighted by Gasteiger charge is -2.10. The second kappa shape index (κ2) is 7.18. The molecule has 0 aliphatic carbocycles. The van der Waals surface area contributed by atoms with Gasteiger partial charge in [-0.2, -0.15) is 10.2 Å². The summed E-state index contributed by atoms with van der Waals surface area (Å²) >= 11 is 12.0. The van der Waals surface area contributed by atoms with Crippen molar-refractivity contribution >= 4 is 46.3 Å². The fraction of sp³-hybridized carbons (Fsp3) is 0. The molecule has 0 fully saturated rings. The van der Waals surface area contributed by atoms with Crippen molar-refractivity contribution in [3.05, 3.63) is 70.3 Å². The van der Waals surface area contributed by atoms with E-state index in [2.05, 4.69) is 26.7 Å². The summed E-state index contributed by atoms with van der Waals surface area (Å²) in [6.45, 7) is 0. The number of hydrogen-bond donors (Lipinski definition) is 2. The second-order valence-electron chi connectivity index (χ2n) is 4.83. The van der Waals surface area contributed by atoms with Crippen molar-refractivity contribution in [1.82, 2.24) is 9.97 Å². The summed E-state index contributed by atoms with van der Waals surface area (Å²) in [5, 5.41) is 16.3. The molecule has 24 heavy (non-hydrogen) atoms. The predicted octanol–water partition coefficient (Wildman–Crippen LogP) is 5.14. The molecule has 0 spiro atoms. The normalized spacial score (nSPS) is 10.0. The molecule has 0 aliphatic heterocycles. The summed E-state index contributed by atoms with van der Waals surface area (Å²) in [5.74, 6) is 0.941. The molecule has 0 bridgehead atoms. The van der Waals surface area contributed by atoms with Gasteiger partial charge in [0.1, 0.15) is 11.9 Å². The number of nitriles is 1. The van der Waals surface area contributed by atoms with E-state index in [0.29, 0.717) is 38.7 Å². The molecule has 3 aromatic rings. The molecule has 7 heteroatoms. The third-order valence-electron chi connectivity index (χ3n) is 3.08. The summed E-state index contributed by atoms with van der Waals surface area (Å²) in [7, 11) is 0. The van der Waals surface area contributed by atoms with Crippen LogP contribution >= 0.6 is 23.2 Å². The molecule has 2 aromatic carbocycles. The molecule has 0 unspecified atom stereocenters. The maximum atomic E-state index is 9.14. The number of halogens is 2. The zero-order valence-electron chi connectivity index (χ0n) is 12.3. The maximum Gasteiger partial charge on any atom is 0.229 e. The van der Waals surface area contributed by atoms with Gasteiger partial charge < -0.3 is 10.6 Å². The van der Waals surface area contributed by atoms with Gasteiger partial charge in [0.2, 0.25) is 5.95 Å². The molecule has 1 aromatic heterocycles. The van der Waals surface area contributed by atoms with Gasteiger partial charge in [-0.3, -0.25) is 0 Å². The number of rotatable bonds is 4. The Morgan fingerprint density at radius 1 is 0.958 bits per heavy atom. The van der Waals surface area contributed by atoms with E-state index < -0.39 is 0 Å². The van der Waals surface area contributed by atoms with Crippen LogP contribution in [0.4, 0.5) is 23.1 Å². The molecule has 1 heterocycles. The van der Waals surface area contributed by atoms with Crippen molar-refractivity contribution in [3.8, 4) is 6.07 Å². The van der Waals surface area contributed by atoms with Crippen molar-refractivity contribution in [2.24, 2.45) is 0 Å². The number of hydrogen-bond acceptors (Lipinski definition) is 5. The van der Waals surface area contributed by atoms with Gasteiger partial charge in [-0.1, -0.05) is 35.3 Å². The lowest BCUT2D eigenvalue weighted by molar-refractivity contribution is 1.16. The Kier molecular flexibility index (Phi) is 4.80. The van der Waals surface area contributed by atoms with Crippen molar-refractivity contribution < 1.29 is 0 Å². The summed E-state index contributed by atoms with van der Waals surface area (Å²) < 4.78 is 0. The SMILES string of the molecule is N#Cc1ccccc1Nc1ccnc(Nc2cc(Cl)cc(Cl)c2)n1. The van der Waals surface area contributed by atoms with Crippen molar-refractivity contribution in [3.63, 3.8) is 0 Å². The van der Waals surface area contributed by atoms with Gasteiger partial charge in [0.15, 0.2) is 0 Å². The van der Waals surface area contributed by atoms with Gasteiger partial charge in [0.05, 0.1) is 11.3 Å². The van der Waals surface area contributed by atoms with Crippen molar-refractivity contribution in [1.29, 1.82) is 5.26 Å². The number of aromatic nitrogens is 2. The standard InChI is InChI=1S/C17H11Cl2N5/c18-12-7-13(19)9-14(8-12)22-17-21-6-5-16(24-17)23-15-4-2-1-3-11(15)10-20/h1-9H,(H2,21,22,23,24). The molecule has 0 saturated heterocycles. The molecule has 118 valence electrons. The first kappa shape index (κ1) is 16.1. The van der Waals surface area contributed by atoms with Crippen LogP contribution in [0.5, 0.6) is 0 Å².